The van der Waals surface area contributed by atoms with Gasteiger partial charge in [0.25, 0.3) is 0 Å². The number of hydrogen-bond donors (Lipinski definition) is 2. The molecule has 0 aromatic rings. The molecule has 1 fully saturated rings. The summed E-state index contributed by atoms with van der Waals surface area (Å²) >= 11 is 4.09. The summed E-state index contributed by atoms with van der Waals surface area (Å²) in [6.45, 7) is 4.55. The first-order valence-electron chi connectivity index (χ1n) is 5.88. The minimum atomic E-state index is -0.684. The number of carboxylic acid groups (broad SMARTS) is 1. The number of morpholine rings is 1. The summed E-state index contributed by atoms with van der Waals surface area (Å²) in [5.74, 6) is -0.260. The van der Waals surface area contributed by atoms with E-state index < -0.39 is 5.97 Å². The number of carbonyl (C=O) groups is 1. The molecule has 0 radical (unpaired) electrons. The zero-order valence-corrected chi connectivity index (χ0v) is 10.5. The maximum Gasteiger partial charge on any atom is 0.306 e. The largest absolute Gasteiger partial charge is 0.481 e. The fourth-order valence-electron chi connectivity index (χ4n) is 1.93. The van der Waals surface area contributed by atoms with Gasteiger partial charge >= 0.3 is 5.97 Å². The number of nitrogens with zero attached hydrogens (tertiary/aromatic N) is 1. The predicted molar refractivity (Wildman–Crippen MR) is 66.1 cm³/mol. The molecule has 1 aliphatic heterocycles. The van der Waals surface area contributed by atoms with Crippen molar-refractivity contribution in [2.45, 2.75) is 19.3 Å². The highest BCUT2D eigenvalue weighted by atomic mass is 32.1. The normalized spacial score (nSPS) is 19.6. The van der Waals surface area contributed by atoms with Gasteiger partial charge in [-0.2, -0.15) is 12.6 Å². The second-order valence-corrected chi connectivity index (χ2v) is 4.59. The number of rotatable bonds is 7. The number of ether oxygens (including phenoxy) is 1. The smallest absolute Gasteiger partial charge is 0.306 e. The molecule has 0 spiro atoms. The van der Waals surface area contributed by atoms with Gasteiger partial charge in [-0.1, -0.05) is 0 Å². The fourth-order valence-corrected chi connectivity index (χ4v) is 2.24. The van der Waals surface area contributed by atoms with Gasteiger partial charge in [-0.3, -0.25) is 9.69 Å². The van der Waals surface area contributed by atoms with Crippen LogP contribution in [0.5, 0.6) is 0 Å². The molecule has 0 bridgehead atoms. The van der Waals surface area contributed by atoms with E-state index in [-0.39, 0.29) is 5.92 Å². The van der Waals surface area contributed by atoms with Crippen LogP contribution in [0.1, 0.15) is 19.3 Å². The van der Waals surface area contributed by atoms with Crippen LogP contribution in [0.2, 0.25) is 0 Å². The van der Waals surface area contributed by atoms with E-state index in [1.54, 1.807) is 0 Å². The van der Waals surface area contributed by atoms with Crippen molar-refractivity contribution in [1.82, 2.24) is 4.90 Å². The molecule has 0 aliphatic carbocycles. The van der Waals surface area contributed by atoms with Crippen LogP contribution in [-0.4, -0.2) is 54.6 Å². The molecular formula is C11H21NO3S. The molecule has 0 aromatic carbocycles. The van der Waals surface area contributed by atoms with Crippen molar-refractivity contribution >= 4 is 18.6 Å². The second kappa shape index (κ2) is 7.92. The Bertz CT molecular complexity index is 207. The molecule has 0 aromatic heterocycles. The summed E-state index contributed by atoms with van der Waals surface area (Å²) in [5, 5.41) is 8.97. The Labute approximate surface area is 102 Å². The Kier molecular flexibility index (Phi) is 6.84. The van der Waals surface area contributed by atoms with Crippen molar-refractivity contribution in [2.75, 3.05) is 38.6 Å². The zero-order valence-electron chi connectivity index (χ0n) is 9.60. The summed E-state index contributed by atoms with van der Waals surface area (Å²) in [7, 11) is 0. The number of aliphatic carboxylic acids is 1. The first-order valence-corrected chi connectivity index (χ1v) is 6.51. The van der Waals surface area contributed by atoms with E-state index in [0.29, 0.717) is 12.2 Å². The number of hydrogen-bond acceptors (Lipinski definition) is 4. The van der Waals surface area contributed by atoms with Crippen LogP contribution in [0.15, 0.2) is 0 Å². The van der Waals surface area contributed by atoms with Gasteiger partial charge in [0.05, 0.1) is 19.1 Å². The molecule has 5 heteroatoms. The molecule has 1 heterocycles. The average molecular weight is 247 g/mol. The molecule has 94 valence electrons. The lowest BCUT2D eigenvalue weighted by Crippen LogP contribution is -2.37. The van der Waals surface area contributed by atoms with Crippen molar-refractivity contribution in [3.8, 4) is 0 Å². The van der Waals surface area contributed by atoms with Gasteiger partial charge in [-0.05, 0) is 31.6 Å². The van der Waals surface area contributed by atoms with Gasteiger partial charge in [0.2, 0.25) is 0 Å². The molecule has 1 atom stereocenters. The highest BCUT2D eigenvalue weighted by Gasteiger charge is 2.17. The Morgan fingerprint density at radius 2 is 2.06 bits per heavy atom. The summed E-state index contributed by atoms with van der Waals surface area (Å²) in [4.78, 5) is 13.2. The van der Waals surface area contributed by atoms with Gasteiger partial charge in [-0.15, -0.1) is 0 Å². The van der Waals surface area contributed by atoms with Crippen molar-refractivity contribution in [2.24, 2.45) is 5.92 Å². The monoisotopic (exact) mass is 247 g/mol. The summed E-state index contributed by atoms with van der Waals surface area (Å²) in [6.07, 6.45) is 2.37. The minimum Gasteiger partial charge on any atom is -0.481 e. The first kappa shape index (κ1) is 13.8. The van der Waals surface area contributed by atoms with Gasteiger partial charge < -0.3 is 9.84 Å². The highest BCUT2D eigenvalue weighted by molar-refractivity contribution is 7.80. The summed E-state index contributed by atoms with van der Waals surface area (Å²) in [5.41, 5.74) is 0. The van der Waals surface area contributed by atoms with E-state index in [0.717, 1.165) is 45.7 Å². The molecule has 16 heavy (non-hydrogen) atoms. The molecule has 1 rings (SSSR count). The first-order chi connectivity index (χ1) is 7.74. The van der Waals surface area contributed by atoms with E-state index in [9.17, 15) is 4.79 Å². The summed E-state index contributed by atoms with van der Waals surface area (Å²) in [6, 6.07) is 0. The quantitative estimate of drug-likeness (QED) is 0.662. The van der Waals surface area contributed by atoms with Gasteiger partial charge in [0, 0.05) is 13.1 Å². The van der Waals surface area contributed by atoms with E-state index in [2.05, 4.69) is 17.5 Å². The molecule has 1 N–H and O–H groups in total. The van der Waals surface area contributed by atoms with E-state index >= 15 is 0 Å². The van der Waals surface area contributed by atoms with Crippen LogP contribution in [0.4, 0.5) is 0 Å². The average Bonchev–Trinajstić information content (AvgIpc) is 2.29. The van der Waals surface area contributed by atoms with Crippen LogP contribution in [0.3, 0.4) is 0 Å². The Morgan fingerprint density at radius 3 is 2.62 bits per heavy atom. The highest BCUT2D eigenvalue weighted by Crippen LogP contribution is 2.13. The van der Waals surface area contributed by atoms with Crippen molar-refractivity contribution in [3.63, 3.8) is 0 Å². The predicted octanol–water partition coefficient (Wildman–Crippen LogP) is 1.12. The standard InChI is InChI=1S/C11H21NO3S/c13-11(14)10(3-9-16)2-1-4-12-5-7-15-8-6-12/h10,16H,1-9H2,(H,13,14)/t10-/m0/s1. The SMILES string of the molecule is O=C(O)[C@H](CCS)CCCN1CCOCC1. The van der Waals surface area contributed by atoms with Crippen molar-refractivity contribution in [3.05, 3.63) is 0 Å². The molecule has 1 aliphatic rings. The Balaban J connectivity index is 2.13. The van der Waals surface area contributed by atoms with Gasteiger partial charge in [0.15, 0.2) is 0 Å². The van der Waals surface area contributed by atoms with Crippen LogP contribution >= 0.6 is 12.6 Å². The van der Waals surface area contributed by atoms with E-state index in [4.69, 9.17) is 9.84 Å². The lowest BCUT2D eigenvalue weighted by molar-refractivity contribution is -0.142. The van der Waals surface area contributed by atoms with Crippen molar-refractivity contribution < 1.29 is 14.6 Å². The molecule has 0 unspecified atom stereocenters. The van der Waals surface area contributed by atoms with Crippen molar-refractivity contribution in [1.29, 1.82) is 0 Å². The van der Waals surface area contributed by atoms with Crippen LogP contribution in [0.25, 0.3) is 0 Å². The maximum atomic E-state index is 10.9. The topological polar surface area (TPSA) is 49.8 Å². The van der Waals surface area contributed by atoms with E-state index in [1.165, 1.54) is 0 Å². The van der Waals surface area contributed by atoms with Crippen LogP contribution in [-0.2, 0) is 9.53 Å². The Hall–Kier alpha value is -0.260. The molecular weight excluding hydrogens is 226 g/mol. The van der Waals surface area contributed by atoms with E-state index in [1.807, 2.05) is 0 Å². The van der Waals surface area contributed by atoms with Crippen LogP contribution < -0.4 is 0 Å². The third-order valence-electron chi connectivity index (χ3n) is 2.96. The number of thiol groups is 1. The lowest BCUT2D eigenvalue weighted by atomic mass is 10.0. The minimum absolute atomic E-state index is 0.224. The molecule has 1 saturated heterocycles. The third-order valence-corrected chi connectivity index (χ3v) is 3.22. The Morgan fingerprint density at radius 1 is 1.38 bits per heavy atom. The second-order valence-electron chi connectivity index (χ2n) is 4.14. The molecule has 0 amide bonds. The molecule has 0 saturated carbocycles. The van der Waals surface area contributed by atoms with Gasteiger partial charge in [0.1, 0.15) is 0 Å². The van der Waals surface area contributed by atoms with Gasteiger partial charge in [-0.25, -0.2) is 0 Å². The number of carboxylic acids is 1. The van der Waals surface area contributed by atoms with Crippen LogP contribution in [0, 0.1) is 5.92 Å². The molecule has 4 nitrogen and oxygen atoms in total. The third kappa shape index (κ3) is 5.18. The maximum absolute atomic E-state index is 10.9. The lowest BCUT2D eigenvalue weighted by Gasteiger charge is -2.26. The zero-order chi connectivity index (χ0) is 11.8. The fraction of sp³-hybridized carbons (Fsp3) is 0.909. The summed E-state index contributed by atoms with van der Waals surface area (Å²) < 4.78 is 5.26.